The van der Waals surface area contributed by atoms with E-state index >= 15 is 0 Å². The molecule has 1 heterocycles. The second kappa shape index (κ2) is 8.35. The van der Waals surface area contributed by atoms with Crippen LogP contribution in [-0.2, 0) is 9.59 Å². The van der Waals surface area contributed by atoms with Gasteiger partial charge in [0.15, 0.2) is 0 Å². The molecule has 0 aromatic heterocycles. The number of ketones is 1. The summed E-state index contributed by atoms with van der Waals surface area (Å²) < 4.78 is 0. The summed E-state index contributed by atoms with van der Waals surface area (Å²) in [5.74, 6) is -1.56. The van der Waals surface area contributed by atoms with Gasteiger partial charge < -0.3 is 14.9 Å². The molecule has 1 aliphatic heterocycles. The third-order valence-corrected chi connectivity index (χ3v) is 5.37. The molecule has 1 N–H and O–H groups in total. The first-order valence-electron chi connectivity index (χ1n) is 8.74. The van der Waals surface area contributed by atoms with E-state index in [1.54, 1.807) is 42.5 Å². The average molecular weight is 419 g/mol. The number of amides is 1. The van der Waals surface area contributed by atoms with E-state index in [4.69, 9.17) is 23.2 Å². The van der Waals surface area contributed by atoms with Gasteiger partial charge in [0.2, 0.25) is 0 Å². The van der Waals surface area contributed by atoms with Crippen LogP contribution in [0.25, 0.3) is 5.76 Å². The van der Waals surface area contributed by atoms with Gasteiger partial charge in [-0.15, -0.1) is 0 Å². The Morgan fingerprint density at radius 1 is 1.07 bits per heavy atom. The van der Waals surface area contributed by atoms with Crippen molar-refractivity contribution in [3.63, 3.8) is 0 Å². The highest BCUT2D eigenvalue weighted by atomic mass is 35.5. The molecule has 0 bridgehead atoms. The Labute approximate surface area is 173 Å². The Bertz CT molecular complexity index is 942. The van der Waals surface area contributed by atoms with Crippen molar-refractivity contribution in [3.05, 3.63) is 75.3 Å². The van der Waals surface area contributed by atoms with Gasteiger partial charge in [-0.25, -0.2) is 0 Å². The Balaban J connectivity index is 2.16. The standard InChI is InChI=1S/C21H20Cl2N2O3/c1-24(2)10-11-25-18(14-8-9-15(22)16(23)12-14)17(20(27)21(25)28)19(26)13-6-4-3-5-7-13/h3-9,12,18,26H,10-11H2,1-2H3/t18-/m1/s1. The summed E-state index contributed by atoms with van der Waals surface area (Å²) in [6.07, 6.45) is 0. The lowest BCUT2D eigenvalue weighted by Crippen LogP contribution is -2.35. The van der Waals surface area contributed by atoms with Crippen LogP contribution < -0.4 is 0 Å². The van der Waals surface area contributed by atoms with E-state index in [2.05, 4.69) is 0 Å². The molecule has 146 valence electrons. The molecular formula is C21H20Cl2N2O3. The quantitative estimate of drug-likeness (QED) is 0.453. The maximum absolute atomic E-state index is 12.8. The van der Waals surface area contributed by atoms with Gasteiger partial charge in [0, 0.05) is 18.7 Å². The third-order valence-electron chi connectivity index (χ3n) is 4.63. The summed E-state index contributed by atoms with van der Waals surface area (Å²) in [7, 11) is 3.77. The second-order valence-electron chi connectivity index (χ2n) is 6.84. The maximum Gasteiger partial charge on any atom is 0.295 e. The molecule has 0 aliphatic carbocycles. The molecule has 0 radical (unpaired) electrons. The molecule has 1 aliphatic rings. The number of hydrogen-bond acceptors (Lipinski definition) is 4. The molecule has 1 fully saturated rings. The van der Waals surface area contributed by atoms with Crippen molar-refractivity contribution < 1.29 is 14.7 Å². The zero-order valence-electron chi connectivity index (χ0n) is 15.5. The van der Waals surface area contributed by atoms with Gasteiger partial charge in [0.05, 0.1) is 21.7 Å². The lowest BCUT2D eigenvalue weighted by atomic mass is 9.95. The van der Waals surface area contributed by atoms with Crippen LogP contribution in [0.3, 0.4) is 0 Å². The third kappa shape index (κ3) is 3.92. The fourth-order valence-electron chi connectivity index (χ4n) is 3.20. The number of nitrogens with zero attached hydrogens (tertiary/aromatic N) is 2. The van der Waals surface area contributed by atoms with E-state index in [9.17, 15) is 14.7 Å². The van der Waals surface area contributed by atoms with Gasteiger partial charge in [0.1, 0.15) is 5.76 Å². The monoisotopic (exact) mass is 418 g/mol. The van der Waals surface area contributed by atoms with E-state index in [1.807, 2.05) is 25.1 Å². The Hall–Kier alpha value is -2.34. The van der Waals surface area contributed by atoms with Crippen LogP contribution in [0.2, 0.25) is 10.0 Å². The zero-order chi connectivity index (χ0) is 20.4. The van der Waals surface area contributed by atoms with E-state index in [1.165, 1.54) is 4.90 Å². The SMILES string of the molecule is CN(C)CCN1C(=O)C(=O)C(=C(O)c2ccccc2)[C@H]1c1ccc(Cl)c(Cl)c1. The van der Waals surface area contributed by atoms with Crippen molar-refractivity contribution in [1.29, 1.82) is 0 Å². The molecule has 0 saturated carbocycles. The van der Waals surface area contributed by atoms with Crippen LogP contribution in [-0.4, -0.2) is 53.8 Å². The van der Waals surface area contributed by atoms with Crippen LogP contribution in [0.5, 0.6) is 0 Å². The summed E-state index contributed by atoms with van der Waals surface area (Å²) in [6, 6.07) is 12.9. The first-order valence-corrected chi connectivity index (χ1v) is 9.50. The highest BCUT2D eigenvalue weighted by Gasteiger charge is 2.46. The maximum atomic E-state index is 12.8. The largest absolute Gasteiger partial charge is 0.507 e. The summed E-state index contributed by atoms with van der Waals surface area (Å²) in [6.45, 7) is 0.893. The zero-order valence-corrected chi connectivity index (χ0v) is 17.0. The van der Waals surface area contributed by atoms with Crippen molar-refractivity contribution in [3.8, 4) is 0 Å². The number of rotatable bonds is 5. The predicted molar refractivity (Wildman–Crippen MR) is 110 cm³/mol. The van der Waals surface area contributed by atoms with Crippen molar-refractivity contribution in [1.82, 2.24) is 9.80 Å². The van der Waals surface area contributed by atoms with Gasteiger partial charge in [-0.05, 0) is 31.8 Å². The fraction of sp³-hybridized carbons (Fsp3) is 0.238. The summed E-state index contributed by atoms with van der Waals surface area (Å²) >= 11 is 12.2. The van der Waals surface area contributed by atoms with Gasteiger partial charge in [-0.2, -0.15) is 0 Å². The molecule has 2 aromatic rings. The lowest BCUT2D eigenvalue weighted by Gasteiger charge is -2.26. The van der Waals surface area contributed by atoms with Crippen molar-refractivity contribution in [2.75, 3.05) is 27.2 Å². The smallest absolute Gasteiger partial charge is 0.295 e. The van der Waals surface area contributed by atoms with Crippen molar-refractivity contribution in [2.24, 2.45) is 0 Å². The number of halogens is 2. The van der Waals surface area contributed by atoms with E-state index in [-0.39, 0.29) is 11.3 Å². The van der Waals surface area contributed by atoms with Gasteiger partial charge in [-0.3, -0.25) is 9.59 Å². The Kier molecular flexibility index (Phi) is 6.08. The molecular weight excluding hydrogens is 399 g/mol. The van der Waals surface area contributed by atoms with E-state index in [0.717, 1.165) is 0 Å². The fourth-order valence-corrected chi connectivity index (χ4v) is 3.51. The number of Topliss-reactive ketones (excluding diaryl/α,β-unsaturated/α-hetero) is 1. The minimum Gasteiger partial charge on any atom is -0.507 e. The van der Waals surface area contributed by atoms with Crippen LogP contribution in [0.15, 0.2) is 54.1 Å². The summed E-state index contributed by atoms with van der Waals surface area (Å²) in [5, 5.41) is 11.6. The molecule has 3 rings (SSSR count). The van der Waals surface area contributed by atoms with Gasteiger partial charge >= 0.3 is 0 Å². The minimum absolute atomic E-state index is 0.0494. The number of aliphatic hydroxyl groups is 1. The molecule has 1 atom stereocenters. The minimum atomic E-state index is -0.741. The number of likely N-dealkylation sites (N-methyl/N-ethyl adjacent to an activating group) is 1. The van der Waals surface area contributed by atoms with Crippen LogP contribution in [0, 0.1) is 0 Å². The van der Waals surface area contributed by atoms with E-state index < -0.39 is 17.7 Å². The lowest BCUT2D eigenvalue weighted by molar-refractivity contribution is -0.140. The van der Waals surface area contributed by atoms with Gasteiger partial charge in [0.25, 0.3) is 11.7 Å². The first kappa shape index (κ1) is 20.4. The van der Waals surface area contributed by atoms with Gasteiger partial charge in [-0.1, -0.05) is 59.6 Å². The van der Waals surface area contributed by atoms with Crippen molar-refractivity contribution >= 4 is 40.7 Å². The van der Waals surface area contributed by atoms with E-state index in [0.29, 0.717) is 34.3 Å². The van der Waals surface area contributed by atoms with Crippen molar-refractivity contribution in [2.45, 2.75) is 6.04 Å². The molecule has 1 amide bonds. The summed E-state index contributed by atoms with van der Waals surface area (Å²) in [5.41, 5.74) is 1.14. The Morgan fingerprint density at radius 3 is 2.36 bits per heavy atom. The number of aliphatic hydroxyl groups excluding tert-OH is 1. The molecule has 2 aromatic carbocycles. The highest BCUT2D eigenvalue weighted by molar-refractivity contribution is 6.46. The average Bonchev–Trinajstić information content (AvgIpc) is 2.93. The molecule has 0 unspecified atom stereocenters. The topological polar surface area (TPSA) is 60.9 Å². The molecule has 1 saturated heterocycles. The number of hydrogen-bond donors (Lipinski definition) is 1. The highest BCUT2D eigenvalue weighted by Crippen LogP contribution is 2.40. The number of carbonyl (C=O) groups excluding carboxylic acids is 2. The summed E-state index contributed by atoms with van der Waals surface area (Å²) in [4.78, 5) is 29.0. The molecule has 5 nitrogen and oxygen atoms in total. The molecule has 0 spiro atoms. The second-order valence-corrected chi connectivity index (χ2v) is 7.65. The molecule has 28 heavy (non-hydrogen) atoms. The molecule has 7 heteroatoms. The normalized spacial score (nSPS) is 18.9. The van der Waals surface area contributed by atoms with Crippen LogP contribution in [0.1, 0.15) is 17.2 Å². The predicted octanol–water partition coefficient (Wildman–Crippen LogP) is 3.98. The number of benzene rings is 2. The number of carbonyl (C=O) groups is 2. The Morgan fingerprint density at radius 2 is 1.75 bits per heavy atom. The van der Waals surface area contributed by atoms with Crippen LogP contribution in [0.4, 0.5) is 0 Å². The first-order chi connectivity index (χ1) is 13.3. The van der Waals surface area contributed by atoms with Crippen LogP contribution >= 0.6 is 23.2 Å². The number of likely N-dealkylation sites (tertiary alicyclic amines) is 1.